The Morgan fingerprint density at radius 3 is 2.80 bits per heavy atom. The highest BCUT2D eigenvalue weighted by Crippen LogP contribution is 2.26. The van der Waals surface area contributed by atoms with Gasteiger partial charge in [-0.2, -0.15) is 10.2 Å². The summed E-state index contributed by atoms with van der Waals surface area (Å²) >= 11 is 0. The first-order valence-electron chi connectivity index (χ1n) is 8.93. The maximum absolute atomic E-state index is 11.7. The number of nitrogens with zero attached hydrogens (tertiary/aromatic N) is 6. The Labute approximate surface area is 147 Å². The van der Waals surface area contributed by atoms with Gasteiger partial charge in [-0.25, -0.2) is 4.68 Å². The Balaban J connectivity index is 1.36. The van der Waals surface area contributed by atoms with E-state index in [1.165, 1.54) is 28.8 Å². The van der Waals surface area contributed by atoms with Crippen molar-refractivity contribution in [3.05, 3.63) is 45.5 Å². The second-order valence-electron chi connectivity index (χ2n) is 7.18. The fraction of sp³-hybridized carbons (Fsp3) is 0.556. The third kappa shape index (κ3) is 3.28. The van der Waals surface area contributed by atoms with Crippen LogP contribution in [-0.2, 0) is 26.4 Å². The third-order valence-electron chi connectivity index (χ3n) is 5.32. The van der Waals surface area contributed by atoms with Crippen LogP contribution in [0, 0.1) is 0 Å². The minimum atomic E-state index is -0.0644. The van der Waals surface area contributed by atoms with Crippen molar-refractivity contribution in [3.63, 3.8) is 0 Å². The van der Waals surface area contributed by atoms with E-state index in [0.29, 0.717) is 6.04 Å². The van der Waals surface area contributed by atoms with E-state index >= 15 is 0 Å². The van der Waals surface area contributed by atoms with Gasteiger partial charge in [-0.15, -0.1) is 5.10 Å². The van der Waals surface area contributed by atoms with Gasteiger partial charge in [0.25, 0.3) is 5.56 Å². The summed E-state index contributed by atoms with van der Waals surface area (Å²) in [7, 11) is 3.76. The highest BCUT2D eigenvalue weighted by Gasteiger charge is 2.31. The van der Waals surface area contributed by atoms with Gasteiger partial charge in [0.1, 0.15) is 0 Å². The molecule has 4 rings (SSSR count). The molecule has 132 valence electrons. The van der Waals surface area contributed by atoms with Crippen LogP contribution < -0.4 is 10.5 Å². The Kier molecular flexibility index (Phi) is 4.25. The van der Waals surface area contributed by atoms with Crippen LogP contribution in [0.25, 0.3) is 0 Å². The Morgan fingerprint density at radius 1 is 1.20 bits per heavy atom. The van der Waals surface area contributed by atoms with Crippen LogP contribution in [0.15, 0.2) is 23.1 Å². The quantitative estimate of drug-likeness (QED) is 0.819. The normalized spacial score (nSPS) is 17.5. The molecular weight excluding hydrogens is 316 g/mol. The molecule has 2 aromatic rings. The fourth-order valence-corrected chi connectivity index (χ4v) is 3.56. The first-order chi connectivity index (χ1) is 12.1. The van der Waals surface area contributed by atoms with Crippen LogP contribution in [0.5, 0.6) is 0 Å². The van der Waals surface area contributed by atoms with Gasteiger partial charge in [-0.1, -0.05) is 0 Å². The molecule has 0 saturated carbocycles. The van der Waals surface area contributed by atoms with Crippen molar-refractivity contribution < 1.29 is 0 Å². The molecule has 0 N–H and O–H groups in total. The van der Waals surface area contributed by atoms with Crippen molar-refractivity contribution in [2.75, 3.05) is 25.0 Å². The van der Waals surface area contributed by atoms with E-state index in [1.807, 2.05) is 0 Å². The van der Waals surface area contributed by atoms with E-state index < -0.39 is 0 Å². The number of hydrogen-bond acceptors (Lipinski definition) is 6. The maximum Gasteiger partial charge on any atom is 0.266 e. The summed E-state index contributed by atoms with van der Waals surface area (Å²) in [6.45, 7) is 2.63. The van der Waals surface area contributed by atoms with E-state index in [2.05, 4.69) is 38.2 Å². The van der Waals surface area contributed by atoms with Crippen LogP contribution in [0.4, 0.5) is 5.82 Å². The second-order valence-corrected chi connectivity index (χ2v) is 7.18. The second kappa shape index (κ2) is 6.55. The van der Waals surface area contributed by atoms with Gasteiger partial charge in [0.15, 0.2) is 5.82 Å². The SMILES string of the molecule is CN(Cc1cnn(C)c(=O)c1)C1CN(c2cc3c(nn2)CCCC3)C1. The Morgan fingerprint density at radius 2 is 2.00 bits per heavy atom. The van der Waals surface area contributed by atoms with E-state index in [-0.39, 0.29) is 5.56 Å². The molecule has 7 heteroatoms. The molecule has 0 radical (unpaired) electrons. The largest absolute Gasteiger partial charge is 0.352 e. The predicted octanol–water partition coefficient (Wildman–Crippen LogP) is 0.770. The molecular formula is C18H24N6O. The van der Waals surface area contributed by atoms with Crippen molar-refractivity contribution in [2.24, 2.45) is 7.05 Å². The van der Waals surface area contributed by atoms with Crippen LogP contribution in [0.3, 0.4) is 0 Å². The number of aryl methyl sites for hydroxylation is 3. The number of likely N-dealkylation sites (N-methyl/N-ethyl adjacent to an activating group) is 1. The molecule has 25 heavy (non-hydrogen) atoms. The van der Waals surface area contributed by atoms with E-state index in [1.54, 1.807) is 19.3 Å². The molecule has 0 bridgehead atoms. The van der Waals surface area contributed by atoms with Gasteiger partial charge in [0.2, 0.25) is 0 Å². The summed E-state index contributed by atoms with van der Waals surface area (Å²) < 4.78 is 1.35. The van der Waals surface area contributed by atoms with Crippen LogP contribution >= 0.6 is 0 Å². The molecule has 3 heterocycles. The third-order valence-corrected chi connectivity index (χ3v) is 5.32. The maximum atomic E-state index is 11.7. The van der Waals surface area contributed by atoms with Gasteiger partial charge in [0.05, 0.1) is 11.9 Å². The van der Waals surface area contributed by atoms with Gasteiger partial charge < -0.3 is 4.90 Å². The van der Waals surface area contributed by atoms with Crippen LogP contribution in [0.1, 0.15) is 29.7 Å². The first kappa shape index (κ1) is 16.2. The lowest BCUT2D eigenvalue weighted by molar-refractivity contribution is 0.196. The molecule has 2 aliphatic rings. The molecule has 1 aliphatic heterocycles. The van der Waals surface area contributed by atoms with Gasteiger partial charge in [0, 0.05) is 38.8 Å². The Hall–Kier alpha value is -2.28. The highest BCUT2D eigenvalue weighted by atomic mass is 16.1. The molecule has 1 saturated heterocycles. The summed E-state index contributed by atoms with van der Waals surface area (Å²) in [5.41, 5.74) is 3.45. The molecule has 7 nitrogen and oxygen atoms in total. The zero-order valence-electron chi connectivity index (χ0n) is 14.9. The van der Waals surface area contributed by atoms with Crippen LogP contribution in [-0.4, -0.2) is 51.1 Å². The van der Waals surface area contributed by atoms with E-state index in [4.69, 9.17) is 0 Å². The topological polar surface area (TPSA) is 67.2 Å². The zero-order chi connectivity index (χ0) is 17.4. The van der Waals surface area contributed by atoms with Crippen molar-refractivity contribution in [1.29, 1.82) is 0 Å². The van der Waals surface area contributed by atoms with Crippen molar-refractivity contribution in [3.8, 4) is 0 Å². The molecule has 0 atom stereocenters. The van der Waals surface area contributed by atoms with Crippen LogP contribution in [0.2, 0.25) is 0 Å². The minimum absolute atomic E-state index is 0.0644. The van der Waals surface area contributed by atoms with Crippen molar-refractivity contribution in [2.45, 2.75) is 38.3 Å². The summed E-state index contributed by atoms with van der Waals surface area (Å²) in [6.07, 6.45) is 6.45. The molecule has 1 fully saturated rings. The number of hydrogen-bond donors (Lipinski definition) is 0. The molecule has 0 spiro atoms. The van der Waals surface area contributed by atoms with Crippen molar-refractivity contribution in [1.82, 2.24) is 24.9 Å². The van der Waals surface area contributed by atoms with Gasteiger partial charge >= 0.3 is 0 Å². The smallest absolute Gasteiger partial charge is 0.266 e. The van der Waals surface area contributed by atoms with Crippen molar-refractivity contribution >= 4 is 5.82 Å². The standard InChI is InChI=1S/C18H24N6O/c1-22(10-13-7-18(25)23(2)19-9-13)15-11-24(12-15)17-8-14-5-3-4-6-16(14)20-21-17/h7-9,15H,3-6,10-12H2,1-2H3. The summed E-state index contributed by atoms with van der Waals surface area (Å²) in [6, 6.07) is 4.35. The number of aromatic nitrogens is 4. The van der Waals surface area contributed by atoms with E-state index in [9.17, 15) is 4.79 Å². The average molecular weight is 340 g/mol. The zero-order valence-corrected chi connectivity index (χ0v) is 14.9. The fourth-order valence-electron chi connectivity index (χ4n) is 3.56. The average Bonchev–Trinajstić information content (AvgIpc) is 2.57. The van der Waals surface area contributed by atoms with Gasteiger partial charge in [-0.05, 0) is 49.9 Å². The molecule has 2 aromatic heterocycles. The highest BCUT2D eigenvalue weighted by molar-refractivity contribution is 5.45. The summed E-state index contributed by atoms with van der Waals surface area (Å²) in [5, 5.41) is 12.9. The number of rotatable bonds is 4. The lowest BCUT2D eigenvalue weighted by atomic mass is 9.96. The number of fused-ring (bicyclic) bond motifs is 1. The molecule has 1 aliphatic carbocycles. The number of anilines is 1. The Bertz CT molecular complexity index is 827. The minimum Gasteiger partial charge on any atom is -0.352 e. The van der Waals surface area contributed by atoms with Gasteiger partial charge in [-0.3, -0.25) is 9.69 Å². The monoisotopic (exact) mass is 340 g/mol. The lowest BCUT2D eigenvalue weighted by Gasteiger charge is -2.44. The summed E-state index contributed by atoms with van der Waals surface area (Å²) in [4.78, 5) is 16.2. The predicted molar refractivity (Wildman–Crippen MR) is 95.6 cm³/mol. The first-order valence-corrected chi connectivity index (χ1v) is 8.93. The molecule has 0 aromatic carbocycles. The van der Waals surface area contributed by atoms with E-state index in [0.717, 1.165) is 43.9 Å². The lowest BCUT2D eigenvalue weighted by Crippen LogP contribution is -2.58. The summed E-state index contributed by atoms with van der Waals surface area (Å²) in [5.74, 6) is 1.00. The molecule has 0 unspecified atom stereocenters. The molecule has 0 amide bonds.